The zero-order chi connectivity index (χ0) is 15.0. The Labute approximate surface area is 123 Å². The van der Waals surface area contributed by atoms with Crippen LogP contribution in [-0.2, 0) is 11.3 Å². The molecular weight excluding hydrogens is 270 g/mol. The second-order valence-electron chi connectivity index (χ2n) is 6.19. The molecule has 0 aromatic heterocycles. The lowest BCUT2D eigenvalue weighted by Crippen LogP contribution is -2.41. The quantitative estimate of drug-likeness (QED) is 0.796. The maximum atomic E-state index is 11.5. The van der Waals surface area contributed by atoms with Gasteiger partial charge in [-0.15, -0.1) is 0 Å². The van der Waals surface area contributed by atoms with Crippen molar-refractivity contribution in [1.29, 1.82) is 0 Å². The van der Waals surface area contributed by atoms with Crippen molar-refractivity contribution in [1.82, 2.24) is 4.90 Å². The molecule has 0 radical (unpaired) electrons. The number of hydrogen-bond acceptors (Lipinski definition) is 4. The number of aliphatic carboxylic acids is 1. The fourth-order valence-corrected chi connectivity index (χ4v) is 3.91. The Balaban J connectivity index is 1.84. The Morgan fingerprint density at radius 3 is 2.71 bits per heavy atom. The van der Waals surface area contributed by atoms with E-state index in [1.165, 1.54) is 18.6 Å². The average molecular weight is 291 g/mol. The van der Waals surface area contributed by atoms with Crippen molar-refractivity contribution >= 4 is 5.97 Å². The molecule has 3 unspecified atom stereocenters. The van der Waals surface area contributed by atoms with Crippen LogP contribution in [0.3, 0.4) is 0 Å². The van der Waals surface area contributed by atoms with Gasteiger partial charge in [0.1, 0.15) is 17.5 Å². The molecule has 114 valence electrons. The third-order valence-electron chi connectivity index (χ3n) is 4.93. The average Bonchev–Trinajstić information content (AvgIpc) is 2.81. The molecule has 1 heterocycles. The van der Waals surface area contributed by atoms with Crippen LogP contribution in [0.1, 0.15) is 37.7 Å². The zero-order valence-electron chi connectivity index (χ0n) is 11.9. The van der Waals surface area contributed by atoms with Crippen LogP contribution in [-0.4, -0.2) is 38.3 Å². The molecule has 2 aliphatic rings. The number of rotatable bonds is 3. The molecule has 1 saturated carbocycles. The van der Waals surface area contributed by atoms with Crippen LogP contribution < -0.4 is 0 Å². The van der Waals surface area contributed by atoms with E-state index in [1.54, 1.807) is 6.07 Å². The highest BCUT2D eigenvalue weighted by molar-refractivity contribution is 5.74. The normalized spacial score (nSPS) is 29.2. The number of carboxylic acid groups (broad SMARTS) is 1. The van der Waals surface area contributed by atoms with Crippen LogP contribution in [0.5, 0.6) is 11.5 Å². The molecule has 5 heteroatoms. The van der Waals surface area contributed by atoms with Gasteiger partial charge in [-0.1, -0.05) is 18.9 Å². The first kappa shape index (κ1) is 14.2. The van der Waals surface area contributed by atoms with E-state index in [0.717, 1.165) is 19.3 Å². The third kappa shape index (κ3) is 2.70. The Morgan fingerprint density at radius 1 is 1.24 bits per heavy atom. The number of likely N-dealkylation sites (tertiary alicyclic amines) is 1. The highest BCUT2D eigenvalue weighted by Crippen LogP contribution is 2.41. The number of phenols is 2. The summed E-state index contributed by atoms with van der Waals surface area (Å²) in [7, 11) is 0. The van der Waals surface area contributed by atoms with Crippen LogP contribution in [0.15, 0.2) is 18.2 Å². The highest BCUT2D eigenvalue weighted by atomic mass is 16.4. The van der Waals surface area contributed by atoms with Gasteiger partial charge in [-0.25, -0.2) is 0 Å². The number of benzene rings is 1. The second-order valence-corrected chi connectivity index (χ2v) is 6.19. The van der Waals surface area contributed by atoms with E-state index in [0.29, 0.717) is 30.5 Å². The molecule has 2 fully saturated rings. The zero-order valence-corrected chi connectivity index (χ0v) is 11.9. The molecule has 1 aromatic rings. The minimum Gasteiger partial charge on any atom is -0.508 e. The van der Waals surface area contributed by atoms with Gasteiger partial charge in [0.2, 0.25) is 0 Å². The number of hydrogen-bond donors (Lipinski definition) is 3. The van der Waals surface area contributed by atoms with E-state index in [2.05, 4.69) is 0 Å². The van der Waals surface area contributed by atoms with Gasteiger partial charge in [0.15, 0.2) is 0 Å². The largest absolute Gasteiger partial charge is 0.508 e. The number of carbonyl (C=O) groups is 1. The summed E-state index contributed by atoms with van der Waals surface area (Å²) in [6.07, 6.45) is 5.18. The van der Waals surface area contributed by atoms with Crippen LogP contribution in [0, 0.1) is 5.92 Å². The van der Waals surface area contributed by atoms with Crippen molar-refractivity contribution in [3.05, 3.63) is 23.8 Å². The van der Waals surface area contributed by atoms with Crippen molar-refractivity contribution < 1.29 is 20.1 Å². The summed E-state index contributed by atoms with van der Waals surface area (Å²) in [5.41, 5.74) is 0.672. The summed E-state index contributed by atoms with van der Waals surface area (Å²) in [5, 5.41) is 28.8. The molecule has 5 nitrogen and oxygen atoms in total. The molecule has 3 rings (SSSR count). The van der Waals surface area contributed by atoms with E-state index in [4.69, 9.17) is 0 Å². The first-order valence-corrected chi connectivity index (χ1v) is 7.55. The molecule has 1 aliphatic heterocycles. The van der Waals surface area contributed by atoms with Crippen molar-refractivity contribution in [2.75, 3.05) is 0 Å². The van der Waals surface area contributed by atoms with Gasteiger partial charge in [0.25, 0.3) is 0 Å². The van der Waals surface area contributed by atoms with Crippen molar-refractivity contribution in [3.8, 4) is 11.5 Å². The fourth-order valence-electron chi connectivity index (χ4n) is 3.91. The van der Waals surface area contributed by atoms with Gasteiger partial charge in [-0.05, 0) is 31.2 Å². The smallest absolute Gasteiger partial charge is 0.320 e. The van der Waals surface area contributed by atoms with E-state index in [9.17, 15) is 20.1 Å². The van der Waals surface area contributed by atoms with Crippen LogP contribution in [0.25, 0.3) is 0 Å². The number of aromatic hydroxyl groups is 2. The van der Waals surface area contributed by atoms with E-state index in [1.807, 2.05) is 4.90 Å². The Hall–Kier alpha value is -1.75. The SMILES string of the molecule is O=C(O)C1CC2CCCCC2N1Cc1ccc(O)cc1O. The number of fused-ring (bicyclic) bond motifs is 1. The van der Waals surface area contributed by atoms with Gasteiger partial charge in [0.05, 0.1) is 0 Å². The summed E-state index contributed by atoms with van der Waals surface area (Å²) in [6.45, 7) is 0.421. The maximum absolute atomic E-state index is 11.5. The lowest BCUT2D eigenvalue weighted by molar-refractivity contribution is -0.142. The van der Waals surface area contributed by atoms with Crippen LogP contribution in [0.2, 0.25) is 0 Å². The summed E-state index contributed by atoms with van der Waals surface area (Å²) < 4.78 is 0. The van der Waals surface area contributed by atoms with Crippen LogP contribution >= 0.6 is 0 Å². The van der Waals surface area contributed by atoms with Gasteiger partial charge in [-0.3, -0.25) is 9.69 Å². The van der Waals surface area contributed by atoms with Gasteiger partial charge in [-0.2, -0.15) is 0 Å². The number of phenolic OH excluding ortho intramolecular Hbond substituents is 2. The van der Waals surface area contributed by atoms with Gasteiger partial charge >= 0.3 is 5.97 Å². The van der Waals surface area contributed by atoms with E-state index < -0.39 is 12.0 Å². The molecule has 3 N–H and O–H groups in total. The summed E-state index contributed by atoms with van der Waals surface area (Å²) in [5.74, 6) is -0.275. The minimum absolute atomic E-state index is 0.0167. The van der Waals surface area contributed by atoms with Crippen molar-refractivity contribution in [3.63, 3.8) is 0 Å². The standard InChI is InChI=1S/C16H21NO4/c18-12-6-5-11(15(19)8-12)9-17-13-4-2-1-3-10(13)7-14(17)16(20)21/h5-6,8,10,13-14,18-19H,1-4,7,9H2,(H,20,21). The Morgan fingerprint density at radius 2 is 2.00 bits per heavy atom. The predicted molar refractivity (Wildman–Crippen MR) is 77.1 cm³/mol. The maximum Gasteiger partial charge on any atom is 0.320 e. The van der Waals surface area contributed by atoms with Crippen molar-refractivity contribution in [2.24, 2.45) is 5.92 Å². The molecule has 21 heavy (non-hydrogen) atoms. The fraction of sp³-hybridized carbons (Fsp3) is 0.562. The highest BCUT2D eigenvalue weighted by Gasteiger charge is 2.45. The van der Waals surface area contributed by atoms with E-state index >= 15 is 0 Å². The summed E-state index contributed by atoms with van der Waals surface area (Å²) in [6, 6.07) is 4.33. The molecule has 1 aromatic carbocycles. The van der Waals surface area contributed by atoms with Crippen LogP contribution in [0.4, 0.5) is 0 Å². The summed E-state index contributed by atoms with van der Waals surface area (Å²) in [4.78, 5) is 13.6. The monoisotopic (exact) mass is 291 g/mol. The molecule has 0 spiro atoms. The Kier molecular flexibility index (Phi) is 3.76. The summed E-state index contributed by atoms with van der Waals surface area (Å²) >= 11 is 0. The first-order chi connectivity index (χ1) is 10.1. The lowest BCUT2D eigenvalue weighted by Gasteiger charge is -2.33. The molecular formula is C16H21NO4. The predicted octanol–water partition coefficient (Wildman–Crippen LogP) is 2.32. The van der Waals surface area contributed by atoms with E-state index in [-0.39, 0.29) is 11.5 Å². The van der Waals surface area contributed by atoms with Gasteiger partial charge < -0.3 is 15.3 Å². The third-order valence-corrected chi connectivity index (χ3v) is 4.93. The topological polar surface area (TPSA) is 81.0 Å². The van der Waals surface area contributed by atoms with Crippen molar-refractivity contribution in [2.45, 2.75) is 50.7 Å². The number of nitrogens with zero attached hydrogens (tertiary/aromatic N) is 1. The number of carboxylic acids is 1. The first-order valence-electron chi connectivity index (χ1n) is 7.55. The minimum atomic E-state index is -0.775. The molecule has 1 saturated heterocycles. The lowest BCUT2D eigenvalue weighted by atomic mass is 9.84. The molecule has 3 atom stereocenters. The second kappa shape index (κ2) is 5.56. The molecule has 1 aliphatic carbocycles. The molecule has 0 bridgehead atoms. The Bertz CT molecular complexity index is 545. The van der Waals surface area contributed by atoms with Gasteiger partial charge in [0, 0.05) is 24.2 Å². The molecule has 0 amide bonds.